The van der Waals surface area contributed by atoms with Crippen molar-refractivity contribution in [3.63, 3.8) is 0 Å². The van der Waals surface area contributed by atoms with E-state index in [-0.39, 0.29) is 5.91 Å². The second-order valence-electron chi connectivity index (χ2n) is 5.20. The van der Waals surface area contributed by atoms with E-state index in [1.165, 1.54) is 11.3 Å². The van der Waals surface area contributed by atoms with Gasteiger partial charge >= 0.3 is 0 Å². The molecule has 5 nitrogen and oxygen atoms in total. The molecule has 0 unspecified atom stereocenters. The van der Waals surface area contributed by atoms with Gasteiger partial charge in [0, 0.05) is 29.5 Å². The Bertz CT molecular complexity index is 981. The van der Waals surface area contributed by atoms with Gasteiger partial charge in [0.05, 0.1) is 11.4 Å². The first-order chi connectivity index (χ1) is 11.2. The van der Waals surface area contributed by atoms with Crippen molar-refractivity contribution >= 4 is 33.8 Å². The highest BCUT2D eigenvalue weighted by molar-refractivity contribution is 7.16. The van der Waals surface area contributed by atoms with Gasteiger partial charge in [-0.15, -0.1) is 0 Å². The molecule has 114 valence electrons. The van der Waals surface area contributed by atoms with Gasteiger partial charge in [-0.25, -0.2) is 4.98 Å². The van der Waals surface area contributed by atoms with E-state index in [1.54, 1.807) is 0 Å². The van der Waals surface area contributed by atoms with E-state index in [1.807, 2.05) is 66.5 Å². The smallest absolute Gasteiger partial charge is 0.267 e. The first-order valence-corrected chi connectivity index (χ1v) is 8.02. The third kappa shape index (κ3) is 2.43. The Morgan fingerprint density at radius 2 is 2.04 bits per heavy atom. The van der Waals surface area contributed by atoms with Crippen molar-refractivity contribution in [3.8, 4) is 5.13 Å². The van der Waals surface area contributed by atoms with Gasteiger partial charge in [0.15, 0.2) is 5.13 Å². The van der Waals surface area contributed by atoms with Crippen LogP contribution in [0.3, 0.4) is 0 Å². The molecule has 0 saturated carbocycles. The van der Waals surface area contributed by atoms with Gasteiger partial charge in [0.1, 0.15) is 4.88 Å². The Morgan fingerprint density at radius 3 is 2.87 bits per heavy atom. The van der Waals surface area contributed by atoms with Crippen molar-refractivity contribution in [2.24, 2.45) is 0 Å². The number of carbonyl (C=O) groups is 1. The van der Waals surface area contributed by atoms with E-state index in [9.17, 15) is 4.79 Å². The lowest BCUT2D eigenvalue weighted by Crippen LogP contribution is -2.11. The molecule has 4 aromatic rings. The van der Waals surface area contributed by atoms with Gasteiger partial charge in [-0.05, 0) is 37.3 Å². The van der Waals surface area contributed by atoms with Crippen LogP contribution in [0.2, 0.25) is 0 Å². The summed E-state index contributed by atoms with van der Waals surface area (Å²) >= 11 is 1.38. The van der Waals surface area contributed by atoms with Crippen LogP contribution in [0, 0.1) is 6.92 Å². The number of aromatic amines is 1. The van der Waals surface area contributed by atoms with E-state index in [0.29, 0.717) is 4.88 Å². The number of hydrogen-bond acceptors (Lipinski definition) is 3. The monoisotopic (exact) mass is 322 g/mol. The molecule has 1 aromatic carbocycles. The number of hydrogen-bond donors (Lipinski definition) is 2. The van der Waals surface area contributed by atoms with Crippen molar-refractivity contribution < 1.29 is 4.79 Å². The number of aryl methyl sites for hydroxylation is 1. The van der Waals surface area contributed by atoms with Crippen LogP contribution < -0.4 is 5.32 Å². The van der Waals surface area contributed by atoms with E-state index >= 15 is 0 Å². The zero-order valence-corrected chi connectivity index (χ0v) is 13.2. The number of rotatable bonds is 3. The lowest BCUT2D eigenvalue weighted by Gasteiger charge is -2.05. The number of carbonyl (C=O) groups excluding carboxylic acids is 1. The third-order valence-corrected chi connectivity index (χ3v) is 4.83. The van der Waals surface area contributed by atoms with E-state index in [0.717, 1.165) is 27.4 Å². The topological polar surface area (TPSA) is 62.7 Å². The summed E-state index contributed by atoms with van der Waals surface area (Å²) < 4.78 is 1.90. The molecular weight excluding hydrogens is 308 g/mol. The van der Waals surface area contributed by atoms with E-state index in [2.05, 4.69) is 15.3 Å². The maximum Gasteiger partial charge on any atom is 0.267 e. The number of aromatic nitrogens is 3. The number of fused-ring (bicyclic) bond motifs is 1. The van der Waals surface area contributed by atoms with Crippen LogP contribution in [0.25, 0.3) is 16.0 Å². The largest absolute Gasteiger partial charge is 0.361 e. The fourth-order valence-corrected chi connectivity index (χ4v) is 3.47. The van der Waals surface area contributed by atoms with Gasteiger partial charge < -0.3 is 14.9 Å². The van der Waals surface area contributed by atoms with Gasteiger partial charge in [-0.1, -0.05) is 17.4 Å². The number of nitrogens with zero attached hydrogens (tertiary/aromatic N) is 2. The molecule has 0 saturated heterocycles. The maximum atomic E-state index is 12.6. The molecule has 0 radical (unpaired) electrons. The molecule has 0 aliphatic rings. The molecule has 0 fully saturated rings. The molecule has 23 heavy (non-hydrogen) atoms. The van der Waals surface area contributed by atoms with Crippen LogP contribution in [0.4, 0.5) is 5.69 Å². The van der Waals surface area contributed by atoms with Crippen molar-refractivity contribution in [3.05, 3.63) is 65.6 Å². The van der Waals surface area contributed by atoms with Crippen molar-refractivity contribution in [1.82, 2.24) is 14.5 Å². The van der Waals surface area contributed by atoms with Crippen LogP contribution in [0.1, 0.15) is 15.4 Å². The second kappa shape index (κ2) is 5.40. The van der Waals surface area contributed by atoms with Crippen LogP contribution in [0.15, 0.2) is 55.0 Å². The van der Waals surface area contributed by atoms with E-state index < -0.39 is 0 Å². The highest BCUT2D eigenvalue weighted by Crippen LogP contribution is 2.26. The zero-order chi connectivity index (χ0) is 15.8. The Balaban J connectivity index is 1.66. The fraction of sp³-hybridized carbons (Fsp3) is 0.0588. The van der Waals surface area contributed by atoms with Crippen molar-refractivity contribution in [1.29, 1.82) is 0 Å². The highest BCUT2D eigenvalue weighted by atomic mass is 32.1. The summed E-state index contributed by atoms with van der Waals surface area (Å²) in [5.74, 6) is -0.132. The van der Waals surface area contributed by atoms with Gasteiger partial charge in [0.2, 0.25) is 0 Å². The predicted octanol–water partition coefficient (Wildman–Crippen LogP) is 3.98. The molecule has 0 atom stereocenters. The van der Waals surface area contributed by atoms with Gasteiger partial charge in [-0.3, -0.25) is 4.79 Å². The molecule has 6 heteroatoms. The Morgan fingerprint density at radius 1 is 1.22 bits per heavy atom. The minimum Gasteiger partial charge on any atom is -0.361 e. The molecule has 0 spiro atoms. The average Bonchev–Trinajstić information content (AvgIpc) is 3.27. The number of benzene rings is 1. The first kappa shape index (κ1) is 13.8. The minimum atomic E-state index is -0.132. The Kier molecular flexibility index (Phi) is 3.24. The standard InChI is InChI=1S/C17H14N4OS/c1-11-15(23-17(19-11)21-9-2-3-10-21)16(22)20-14-6-4-5-13-12(14)7-8-18-13/h2-10,18H,1H3,(H,20,22). The number of amides is 1. The average molecular weight is 322 g/mol. The molecular formula is C17H14N4OS. The number of thiazole rings is 1. The molecule has 3 aromatic heterocycles. The first-order valence-electron chi connectivity index (χ1n) is 7.20. The summed E-state index contributed by atoms with van der Waals surface area (Å²) in [6.45, 7) is 1.86. The summed E-state index contributed by atoms with van der Waals surface area (Å²) in [6.07, 6.45) is 5.70. The van der Waals surface area contributed by atoms with E-state index in [4.69, 9.17) is 0 Å². The normalized spacial score (nSPS) is 11.0. The maximum absolute atomic E-state index is 12.6. The molecule has 0 bridgehead atoms. The molecule has 2 N–H and O–H groups in total. The van der Waals surface area contributed by atoms with Gasteiger partial charge in [0.25, 0.3) is 5.91 Å². The lowest BCUT2D eigenvalue weighted by molar-refractivity contribution is 0.103. The second-order valence-corrected chi connectivity index (χ2v) is 6.18. The van der Waals surface area contributed by atoms with Crippen LogP contribution in [-0.4, -0.2) is 20.4 Å². The Hall–Kier alpha value is -2.86. The van der Waals surface area contributed by atoms with Crippen molar-refractivity contribution in [2.75, 3.05) is 5.32 Å². The van der Waals surface area contributed by atoms with Crippen LogP contribution >= 0.6 is 11.3 Å². The summed E-state index contributed by atoms with van der Waals surface area (Å²) in [5.41, 5.74) is 2.53. The minimum absolute atomic E-state index is 0.132. The third-order valence-electron chi connectivity index (χ3n) is 3.66. The summed E-state index contributed by atoms with van der Waals surface area (Å²) in [7, 11) is 0. The molecule has 0 aliphatic carbocycles. The van der Waals surface area contributed by atoms with Crippen LogP contribution in [-0.2, 0) is 0 Å². The number of H-pyrrole nitrogens is 1. The summed E-state index contributed by atoms with van der Waals surface area (Å²) in [4.78, 5) is 20.9. The van der Waals surface area contributed by atoms with Crippen molar-refractivity contribution in [2.45, 2.75) is 6.92 Å². The lowest BCUT2D eigenvalue weighted by atomic mass is 10.2. The quantitative estimate of drug-likeness (QED) is 0.599. The summed E-state index contributed by atoms with van der Waals surface area (Å²) in [6, 6.07) is 11.6. The summed E-state index contributed by atoms with van der Waals surface area (Å²) in [5, 5.41) is 4.77. The Labute approximate surface area is 136 Å². The molecule has 3 heterocycles. The fourth-order valence-electron chi connectivity index (χ4n) is 2.54. The highest BCUT2D eigenvalue weighted by Gasteiger charge is 2.17. The molecule has 1 amide bonds. The number of nitrogens with one attached hydrogen (secondary N) is 2. The molecule has 4 rings (SSSR count). The zero-order valence-electron chi connectivity index (χ0n) is 12.4. The SMILES string of the molecule is Cc1nc(-n2cccc2)sc1C(=O)Nc1cccc2[nH]ccc12. The predicted molar refractivity (Wildman–Crippen MR) is 92.4 cm³/mol. The van der Waals surface area contributed by atoms with Crippen LogP contribution in [0.5, 0.6) is 0 Å². The number of anilines is 1. The van der Waals surface area contributed by atoms with Gasteiger partial charge in [-0.2, -0.15) is 0 Å². The molecule has 0 aliphatic heterocycles.